The van der Waals surface area contributed by atoms with Crippen molar-refractivity contribution < 1.29 is 55.2 Å². The van der Waals surface area contributed by atoms with Gasteiger partial charge in [0.2, 0.25) is 0 Å². The molecule has 22 heteroatoms. The summed E-state index contributed by atoms with van der Waals surface area (Å²) >= 11 is 0. The van der Waals surface area contributed by atoms with Gasteiger partial charge in [0.1, 0.15) is 12.7 Å². The van der Waals surface area contributed by atoms with Crippen LogP contribution in [0, 0.1) is 0 Å². The van der Waals surface area contributed by atoms with E-state index in [1.165, 1.54) is 37.4 Å². The Bertz CT molecular complexity index is 1600. The lowest BCUT2D eigenvalue weighted by atomic mass is 10.3. The number of carbonyl (C=O) groups is 2. The minimum absolute atomic E-state index is 0.0401. The van der Waals surface area contributed by atoms with Crippen LogP contribution in [-0.4, -0.2) is 89.1 Å². The molecule has 0 amide bonds. The van der Waals surface area contributed by atoms with Gasteiger partial charge in [-0.1, -0.05) is 0 Å². The Morgan fingerprint density at radius 3 is 1.52 bits per heavy atom. The molecule has 4 heterocycles. The van der Waals surface area contributed by atoms with Crippen molar-refractivity contribution in [2.24, 2.45) is 0 Å². The summed E-state index contributed by atoms with van der Waals surface area (Å²) in [6.07, 6.45) is 1.14. The predicted octanol–water partition coefficient (Wildman–Crippen LogP) is 3.78. The third-order valence-corrected chi connectivity index (χ3v) is 4.61. The Morgan fingerprint density at radius 1 is 0.717 bits per heavy atom. The highest BCUT2D eigenvalue weighted by Gasteiger charge is 2.30. The molecule has 46 heavy (non-hydrogen) atoms. The Morgan fingerprint density at radius 2 is 1.13 bits per heavy atom. The molecule has 0 aliphatic heterocycles. The first kappa shape index (κ1) is 34.5. The van der Waals surface area contributed by atoms with Crippen molar-refractivity contribution in [2.45, 2.75) is 19.3 Å². The molecule has 4 aromatic rings. The molecule has 0 saturated heterocycles. The summed E-state index contributed by atoms with van der Waals surface area (Å²) in [5, 5.41) is 14.5. The molecule has 0 atom stereocenters. The minimum atomic E-state index is -4.58. The highest BCUT2D eigenvalue weighted by atomic mass is 19.4. The van der Waals surface area contributed by atoms with Crippen LogP contribution in [0.25, 0.3) is 0 Å². The molecule has 0 saturated carbocycles. The number of carboxylic acid groups (broad SMARTS) is 1. The first-order valence-electron chi connectivity index (χ1n) is 12.3. The number of anilines is 4. The number of aromatic carboxylic acids is 1. The van der Waals surface area contributed by atoms with Crippen LogP contribution in [-0.2, 0) is 4.74 Å². The number of ether oxygens (including phenoxy) is 3. The van der Waals surface area contributed by atoms with Crippen LogP contribution in [0.2, 0.25) is 0 Å². The molecule has 244 valence electrons. The molecule has 0 aliphatic rings. The number of hydrogen-bond acceptors (Lipinski definition) is 15. The first-order chi connectivity index (χ1) is 21.7. The zero-order valence-corrected chi connectivity index (χ0v) is 23.1. The molecule has 3 N–H and O–H groups in total. The highest BCUT2D eigenvalue weighted by molar-refractivity contribution is 5.94. The predicted molar refractivity (Wildman–Crippen MR) is 141 cm³/mol. The molecule has 0 bridgehead atoms. The maximum Gasteiger partial charge on any atom is 0.422 e. The number of carboxylic acids is 1. The summed E-state index contributed by atoms with van der Waals surface area (Å²) in [4.78, 5) is 52.4. The van der Waals surface area contributed by atoms with Crippen molar-refractivity contribution >= 4 is 34.7 Å². The molecule has 0 unspecified atom stereocenters. The van der Waals surface area contributed by atoms with Gasteiger partial charge in [0.05, 0.1) is 66.5 Å². The zero-order valence-electron chi connectivity index (χ0n) is 23.1. The van der Waals surface area contributed by atoms with E-state index in [4.69, 9.17) is 9.84 Å². The van der Waals surface area contributed by atoms with Crippen LogP contribution in [0.5, 0.6) is 12.0 Å². The third kappa shape index (κ3) is 11.6. The number of esters is 1. The van der Waals surface area contributed by atoms with Gasteiger partial charge in [0.15, 0.2) is 24.6 Å². The minimum Gasteiger partial charge on any atom is -0.476 e. The Hall–Kier alpha value is -5.96. The number of hydrogen-bond donors (Lipinski definition) is 3. The fraction of sp³-hybridized carbons (Fsp3) is 0.250. The summed E-state index contributed by atoms with van der Waals surface area (Å²) in [5.41, 5.74) is 0.0429. The topological polar surface area (TPSA) is 209 Å². The van der Waals surface area contributed by atoms with Crippen LogP contribution in [0.4, 0.5) is 49.1 Å². The largest absolute Gasteiger partial charge is 0.476 e. The summed E-state index contributed by atoms with van der Waals surface area (Å²) in [6.45, 7) is -1.55. The second kappa shape index (κ2) is 15.7. The molecule has 0 aliphatic carbocycles. The van der Waals surface area contributed by atoms with Crippen molar-refractivity contribution in [1.29, 1.82) is 0 Å². The van der Waals surface area contributed by atoms with Crippen molar-refractivity contribution in [1.82, 2.24) is 39.9 Å². The maximum atomic E-state index is 12.2. The van der Waals surface area contributed by atoms with Crippen molar-refractivity contribution in [3.05, 3.63) is 61.2 Å². The molecular formula is C24H20F6N10O6. The van der Waals surface area contributed by atoms with Crippen molar-refractivity contribution in [2.75, 3.05) is 30.5 Å². The molecule has 0 aromatic carbocycles. The summed E-state index contributed by atoms with van der Waals surface area (Å²) in [5.74, 6) is -2.30. The van der Waals surface area contributed by atoms with Crippen LogP contribution >= 0.6 is 0 Å². The van der Waals surface area contributed by atoms with E-state index < -0.39 is 55.2 Å². The molecule has 0 spiro atoms. The molecule has 0 radical (unpaired) electrons. The van der Waals surface area contributed by atoms with Gasteiger partial charge in [-0.2, -0.15) is 36.3 Å². The monoisotopic (exact) mass is 658 g/mol. The number of aromatic nitrogens is 8. The van der Waals surface area contributed by atoms with E-state index in [-0.39, 0.29) is 23.7 Å². The van der Waals surface area contributed by atoms with Gasteiger partial charge in [-0.15, -0.1) is 0 Å². The van der Waals surface area contributed by atoms with E-state index in [0.29, 0.717) is 11.4 Å². The lowest BCUT2D eigenvalue weighted by Gasteiger charge is -2.12. The van der Waals surface area contributed by atoms with Crippen LogP contribution < -0.4 is 20.1 Å². The number of alkyl halides is 6. The highest BCUT2D eigenvalue weighted by Crippen LogP contribution is 2.23. The van der Waals surface area contributed by atoms with E-state index >= 15 is 0 Å². The molecule has 4 rings (SSSR count). The summed E-state index contributed by atoms with van der Waals surface area (Å²) in [6, 6.07) is -1.28. The van der Waals surface area contributed by atoms with Gasteiger partial charge in [-0.3, -0.25) is 0 Å². The second-order valence-electron chi connectivity index (χ2n) is 8.17. The van der Waals surface area contributed by atoms with Gasteiger partial charge >= 0.3 is 36.3 Å². The lowest BCUT2D eigenvalue weighted by molar-refractivity contribution is -0.155. The van der Waals surface area contributed by atoms with Crippen LogP contribution in [0.1, 0.15) is 27.9 Å². The number of carbonyl (C=O) groups excluding carboxylic acids is 1. The second-order valence-corrected chi connectivity index (χ2v) is 8.17. The Kier molecular flexibility index (Phi) is 11.8. The summed E-state index contributed by atoms with van der Waals surface area (Å²) < 4.78 is 86.3. The molecule has 4 aromatic heterocycles. The first-order valence-corrected chi connectivity index (χ1v) is 12.3. The molecule has 16 nitrogen and oxygen atoms in total. The average molecular weight is 658 g/mol. The number of rotatable bonds is 11. The fourth-order valence-corrected chi connectivity index (χ4v) is 2.90. The quantitative estimate of drug-likeness (QED) is 0.155. The SMILES string of the molecule is CCOC(=O)c1nc(OCC(F)(F)F)ncc1Nc1cncnc1.O=C(O)c1nc(OCC(F)(F)F)ncc1Nc1cncnc1. The smallest absolute Gasteiger partial charge is 0.422 e. The molecule has 0 fully saturated rings. The zero-order chi connectivity index (χ0) is 33.7. The van der Waals surface area contributed by atoms with E-state index in [1.54, 1.807) is 6.92 Å². The van der Waals surface area contributed by atoms with Crippen LogP contribution in [0.15, 0.2) is 49.8 Å². The maximum absolute atomic E-state index is 12.2. The van der Waals surface area contributed by atoms with Crippen LogP contribution in [0.3, 0.4) is 0 Å². The fourth-order valence-electron chi connectivity index (χ4n) is 2.90. The summed E-state index contributed by atoms with van der Waals surface area (Å²) in [7, 11) is 0. The van der Waals surface area contributed by atoms with Crippen molar-refractivity contribution in [3.8, 4) is 12.0 Å². The van der Waals surface area contributed by atoms with Gasteiger partial charge in [-0.05, 0) is 6.92 Å². The number of halogens is 6. The Balaban J connectivity index is 0.000000251. The number of nitrogens with one attached hydrogen (secondary N) is 2. The lowest BCUT2D eigenvalue weighted by Crippen LogP contribution is -2.21. The average Bonchev–Trinajstić information content (AvgIpc) is 3.00. The van der Waals surface area contributed by atoms with Crippen molar-refractivity contribution in [3.63, 3.8) is 0 Å². The standard InChI is InChI=1S/C13H12F3N5O3.C11H8F3N5O3/c1-2-23-11(22)10-9(20-8-3-17-7-18-4-8)5-19-12(21-10)24-6-13(14,15)16;12-11(13,14)4-22-10-17-3-7(8(19-10)9(20)21)18-6-1-15-5-16-2-6/h3-5,7,20H,2,6H2,1H3;1-3,5,18H,4H2,(H,20,21). The number of nitrogens with zero attached hydrogens (tertiary/aromatic N) is 8. The Labute approximate surface area is 253 Å². The van der Waals surface area contributed by atoms with Gasteiger partial charge in [0.25, 0.3) is 0 Å². The molecular weight excluding hydrogens is 638 g/mol. The normalized spacial score (nSPS) is 11.0. The van der Waals surface area contributed by atoms with E-state index in [1.807, 2.05) is 0 Å². The third-order valence-electron chi connectivity index (χ3n) is 4.61. The van der Waals surface area contributed by atoms with Gasteiger partial charge < -0.3 is 30.0 Å². The van der Waals surface area contributed by atoms with E-state index in [9.17, 15) is 35.9 Å². The van der Waals surface area contributed by atoms with Gasteiger partial charge in [0, 0.05) is 0 Å². The van der Waals surface area contributed by atoms with E-state index in [2.05, 4.69) is 60.0 Å². The van der Waals surface area contributed by atoms with Gasteiger partial charge in [-0.25, -0.2) is 39.5 Å². The van der Waals surface area contributed by atoms with E-state index in [0.717, 1.165) is 12.4 Å².